The summed E-state index contributed by atoms with van der Waals surface area (Å²) in [6.07, 6.45) is 3.13. The van der Waals surface area contributed by atoms with E-state index in [-0.39, 0.29) is 11.3 Å². The Morgan fingerprint density at radius 1 is 1.45 bits per heavy atom. The van der Waals surface area contributed by atoms with Crippen molar-refractivity contribution in [3.05, 3.63) is 0 Å². The quantitative estimate of drug-likeness (QED) is 0.613. The number of aliphatic carboxylic acids is 1. The predicted molar refractivity (Wildman–Crippen MR) is 38.2 cm³/mol. The molecule has 1 spiro atoms. The summed E-state index contributed by atoms with van der Waals surface area (Å²) in [5.74, 6) is -0.904. The predicted octanol–water partition coefficient (Wildman–Crippen LogP) is 0.888. The molecule has 1 unspecified atom stereocenters. The summed E-state index contributed by atoms with van der Waals surface area (Å²) >= 11 is 0. The van der Waals surface area contributed by atoms with E-state index in [1.165, 1.54) is 0 Å². The average Bonchev–Trinajstić information content (AvgIpc) is 2.70. The van der Waals surface area contributed by atoms with Gasteiger partial charge < -0.3 is 9.84 Å². The Bertz CT molecular complexity index is 184. The lowest BCUT2D eigenvalue weighted by molar-refractivity contribution is -0.150. The van der Waals surface area contributed by atoms with E-state index in [4.69, 9.17) is 9.84 Å². The fraction of sp³-hybridized carbons (Fsp3) is 0.875. The number of ether oxygens (including phenoxy) is 1. The van der Waals surface area contributed by atoms with Gasteiger partial charge in [0, 0.05) is 6.61 Å². The molecule has 0 amide bonds. The highest BCUT2D eigenvalue weighted by atomic mass is 16.5. The van der Waals surface area contributed by atoms with Gasteiger partial charge >= 0.3 is 5.97 Å². The van der Waals surface area contributed by atoms with Crippen molar-refractivity contribution in [2.45, 2.75) is 19.3 Å². The second kappa shape index (κ2) is 2.21. The van der Waals surface area contributed by atoms with Gasteiger partial charge in [0.1, 0.15) is 0 Å². The molecule has 3 heteroatoms. The van der Waals surface area contributed by atoms with Crippen LogP contribution in [0.5, 0.6) is 0 Å². The van der Waals surface area contributed by atoms with Gasteiger partial charge in [-0.1, -0.05) is 0 Å². The first kappa shape index (κ1) is 7.10. The molecule has 0 aromatic rings. The summed E-state index contributed by atoms with van der Waals surface area (Å²) in [7, 11) is 0. The largest absolute Gasteiger partial charge is 0.481 e. The van der Waals surface area contributed by atoms with Gasteiger partial charge in [-0.05, 0) is 24.7 Å². The molecule has 0 aromatic heterocycles. The van der Waals surface area contributed by atoms with Crippen LogP contribution in [0.1, 0.15) is 19.3 Å². The van der Waals surface area contributed by atoms with Crippen molar-refractivity contribution in [2.24, 2.45) is 11.3 Å². The molecule has 0 aromatic carbocycles. The molecule has 0 bridgehead atoms. The topological polar surface area (TPSA) is 46.5 Å². The van der Waals surface area contributed by atoms with E-state index in [1.807, 2.05) is 0 Å². The van der Waals surface area contributed by atoms with Gasteiger partial charge in [-0.25, -0.2) is 0 Å². The molecule has 1 N–H and O–H groups in total. The fourth-order valence-electron chi connectivity index (χ4n) is 1.92. The molecule has 0 radical (unpaired) electrons. The fourth-order valence-corrected chi connectivity index (χ4v) is 1.92. The van der Waals surface area contributed by atoms with E-state index in [1.54, 1.807) is 0 Å². The van der Waals surface area contributed by atoms with Gasteiger partial charge in [-0.3, -0.25) is 4.79 Å². The highest BCUT2D eigenvalue weighted by Crippen LogP contribution is 2.56. The number of rotatable bonds is 1. The molecule has 1 atom stereocenters. The highest BCUT2D eigenvalue weighted by molar-refractivity contribution is 5.72. The number of hydrogen-bond acceptors (Lipinski definition) is 2. The molecule has 2 rings (SSSR count). The zero-order chi connectivity index (χ0) is 7.90. The second-order valence-electron chi connectivity index (χ2n) is 3.58. The number of hydrogen-bond donors (Lipinski definition) is 1. The lowest BCUT2D eigenvalue weighted by Gasteiger charge is -2.28. The first-order valence-corrected chi connectivity index (χ1v) is 4.05. The molecular formula is C8H12O3. The van der Waals surface area contributed by atoms with Crippen molar-refractivity contribution in [1.29, 1.82) is 0 Å². The Kier molecular flexibility index (Phi) is 1.42. The van der Waals surface area contributed by atoms with Crippen molar-refractivity contribution in [2.75, 3.05) is 13.2 Å². The van der Waals surface area contributed by atoms with Crippen molar-refractivity contribution < 1.29 is 14.6 Å². The molecule has 11 heavy (non-hydrogen) atoms. The maximum Gasteiger partial charge on any atom is 0.309 e. The normalized spacial score (nSPS) is 33.6. The van der Waals surface area contributed by atoms with Crippen molar-refractivity contribution in [3.8, 4) is 0 Å². The lowest BCUT2D eigenvalue weighted by Crippen LogP contribution is -2.34. The zero-order valence-corrected chi connectivity index (χ0v) is 6.38. The molecule has 1 saturated heterocycles. The summed E-state index contributed by atoms with van der Waals surface area (Å²) in [5, 5.41) is 8.83. The summed E-state index contributed by atoms with van der Waals surface area (Å²) in [4.78, 5) is 10.7. The van der Waals surface area contributed by atoms with Gasteiger partial charge in [0.15, 0.2) is 0 Å². The number of carbonyl (C=O) groups is 1. The first-order chi connectivity index (χ1) is 5.25. The van der Waals surface area contributed by atoms with Gasteiger partial charge in [0.05, 0.1) is 12.5 Å². The number of carboxylic acids is 1. The standard InChI is InChI=1S/C8H12O3/c9-7(10)6-5-11-4-3-8(6)1-2-8/h6H,1-5H2,(H,9,10). The molecule has 2 aliphatic rings. The molecule has 3 nitrogen and oxygen atoms in total. The van der Waals surface area contributed by atoms with Crippen LogP contribution in [0.15, 0.2) is 0 Å². The van der Waals surface area contributed by atoms with Crippen molar-refractivity contribution in [3.63, 3.8) is 0 Å². The second-order valence-corrected chi connectivity index (χ2v) is 3.58. The average molecular weight is 156 g/mol. The molecule has 1 saturated carbocycles. The molecule has 2 fully saturated rings. The Labute approximate surface area is 65.4 Å². The van der Waals surface area contributed by atoms with Crippen molar-refractivity contribution in [1.82, 2.24) is 0 Å². The SMILES string of the molecule is O=C(O)C1COCCC12CC2. The van der Waals surface area contributed by atoms with Crippen LogP contribution in [0.4, 0.5) is 0 Å². The summed E-state index contributed by atoms with van der Waals surface area (Å²) in [6, 6.07) is 0. The van der Waals surface area contributed by atoms with E-state index in [0.29, 0.717) is 6.61 Å². The van der Waals surface area contributed by atoms with Gasteiger partial charge in [0.2, 0.25) is 0 Å². The minimum atomic E-state index is -0.679. The van der Waals surface area contributed by atoms with Crippen molar-refractivity contribution >= 4 is 5.97 Å². The molecule has 1 aliphatic heterocycles. The summed E-state index contributed by atoms with van der Waals surface area (Å²) < 4.78 is 5.14. The van der Waals surface area contributed by atoms with E-state index >= 15 is 0 Å². The van der Waals surface area contributed by atoms with E-state index in [0.717, 1.165) is 25.9 Å². The summed E-state index contributed by atoms with van der Waals surface area (Å²) in [5.41, 5.74) is 0.143. The smallest absolute Gasteiger partial charge is 0.309 e. The lowest BCUT2D eigenvalue weighted by atomic mass is 9.85. The van der Waals surface area contributed by atoms with E-state index < -0.39 is 5.97 Å². The Morgan fingerprint density at radius 2 is 2.18 bits per heavy atom. The highest BCUT2D eigenvalue weighted by Gasteiger charge is 2.53. The molecule has 1 heterocycles. The molecular weight excluding hydrogens is 144 g/mol. The van der Waals surface area contributed by atoms with Crippen LogP contribution in [0.3, 0.4) is 0 Å². The zero-order valence-electron chi connectivity index (χ0n) is 6.38. The first-order valence-electron chi connectivity index (χ1n) is 4.05. The van der Waals surface area contributed by atoms with Crippen LogP contribution < -0.4 is 0 Å². The van der Waals surface area contributed by atoms with Gasteiger partial charge in [0.25, 0.3) is 0 Å². The Balaban J connectivity index is 2.10. The maximum atomic E-state index is 10.7. The third-order valence-corrected chi connectivity index (χ3v) is 2.96. The van der Waals surface area contributed by atoms with Crippen LogP contribution in [0.25, 0.3) is 0 Å². The van der Waals surface area contributed by atoms with Crippen LogP contribution in [0, 0.1) is 11.3 Å². The van der Waals surface area contributed by atoms with E-state index in [2.05, 4.69) is 0 Å². The Hall–Kier alpha value is -0.570. The van der Waals surface area contributed by atoms with Gasteiger partial charge in [-0.2, -0.15) is 0 Å². The van der Waals surface area contributed by atoms with Gasteiger partial charge in [-0.15, -0.1) is 0 Å². The molecule has 1 aliphatic carbocycles. The third kappa shape index (κ3) is 1.03. The van der Waals surface area contributed by atoms with E-state index in [9.17, 15) is 4.79 Å². The van der Waals surface area contributed by atoms with Crippen LogP contribution in [-0.2, 0) is 9.53 Å². The number of carboxylic acid groups (broad SMARTS) is 1. The summed E-state index contributed by atoms with van der Waals surface area (Å²) in [6.45, 7) is 1.18. The maximum absolute atomic E-state index is 10.7. The monoisotopic (exact) mass is 156 g/mol. The van der Waals surface area contributed by atoms with Crippen LogP contribution >= 0.6 is 0 Å². The third-order valence-electron chi connectivity index (χ3n) is 2.96. The minimum absolute atomic E-state index is 0.143. The van der Waals surface area contributed by atoms with Crippen LogP contribution in [0.2, 0.25) is 0 Å². The molecule has 62 valence electrons. The Morgan fingerprint density at radius 3 is 2.64 bits per heavy atom. The van der Waals surface area contributed by atoms with Crippen LogP contribution in [-0.4, -0.2) is 24.3 Å². The minimum Gasteiger partial charge on any atom is -0.481 e.